The van der Waals surface area contributed by atoms with Crippen LogP contribution in [0, 0.1) is 17.9 Å². The Balaban J connectivity index is 2.41. The van der Waals surface area contributed by atoms with E-state index in [2.05, 4.69) is 54.9 Å². The molecule has 3 nitrogen and oxygen atoms in total. The van der Waals surface area contributed by atoms with Gasteiger partial charge in [-0.3, -0.25) is 0 Å². The van der Waals surface area contributed by atoms with E-state index >= 15 is 0 Å². The van der Waals surface area contributed by atoms with Crippen LogP contribution in [-0.2, 0) is 0 Å². The number of rotatable bonds is 4. The van der Waals surface area contributed by atoms with Gasteiger partial charge in [-0.1, -0.05) is 29.8 Å². The summed E-state index contributed by atoms with van der Waals surface area (Å²) in [5.41, 5.74) is 4.28. The number of benzene rings is 2. The number of fused-ring (bicyclic) bond motifs is 1. The zero-order valence-corrected chi connectivity index (χ0v) is 14.6. The van der Waals surface area contributed by atoms with Gasteiger partial charge in [0.1, 0.15) is 0 Å². The highest BCUT2D eigenvalue weighted by atomic mass is 15.1. The summed E-state index contributed by atoms with van der Waals surface area (Å²) < 4.78 is 0. The molecule has 0 radical (unpaired) electrons. The highest BCUT2D eigenvalue weighted by Crippen LogP contribution is 2.27. The summed E-state index contributed by atoms with van der Waals surface area (Å²) in [6, 6.07) is 14.4. The molecule has 0 heterocycles. The smallest absolute Gasteiger partial charge is 0.265 e. The summed E-state index contributed by atoms with van der Waals surface area (Å²) in [5.74, 6) is 0. The van der Waals surface area contributed by atoms with Gasteiger partial charge in [-0.25, -0.2) is 10.1 Å². The summed E-state index contributed by atoms with van der Waals surface area (Å²) in [5, 5.41) is 11.3. The third-order valence-corrected chi connectivity index (χ3v) is 4.25. The van der Waals surface area contributed by atoms with Crippen LogP contribution < -0.4 is 4.90 Å². The quantitative estimate of drug-likeness (QED) is 0.429. The van der Waals surface area contributed by atoms with E-state index in [1.165, 1.54) is 11.3 Å². The lowest BCUT2D eigenvalue weighted by molar-refractivity contribution is 0.980. The van der Waals surface area contributed by atoms with Crippen molar-refractivity contribution >= 4 is 22.0 Å². The number of likely N-dealkylation sites (N-methyl/N-ethyl adjacent to an activating group) is 1. The molecule has 2 rings (SSSR count). The van der Waals surface area contributed by atoms with E-state index in [4.69, 9.17) is 11.8 Å². The maximum absolute atomic E-state index is 9.03. The molecule has 0 N–H and O–H groups in total. The molecule has 120 valence electrons. The first-order valence-electron chi connectivity index (χ1n) is 7.85. The Hall–Kier alpha value is -3.04. The predicted molar refractivity (Wildman–Crippen MR) is 101 cm³/mol. The predicted octanol–water partition coefficient (Wildman–Crippen LogP) is 5.42. The van der Waals surface area contributed by atoms with E-state index in [1.54, 1.807) is 0 Å². The Labute approximate surface area is 144 Å². The van der Waals surface area contributed by atoms with E-state index in [1.807, 2.05) is 31.2 Å². The maximum atomic E-state index is 9.03. The molecule has 0 spiro atoms. The largest absolute Gasteiger partial charge is 0.371 e. The molecule has 0 aliphatic carbocycles. The van der Waals surface area contributed by atoms with Crippen LogP contribution in [0.15, 0.2) is 53.7 Å². The van der Waals surface area contributed by atoms with Gasteiger partial charge in [0, 0.05) is 19.3 Å². The average Bonchev–Trinajstić information content (AvgIpc) is 2.61. The van der Waals surface area contributed by atoms with Crippen LogP contribution in [0.5, 0.6) is 0 Å². The van der Waals surface area contributed by atoms with E-state index in [-0.39, 0.29) is 5.70 Å². The van der Waals surface area contributed by atoms with E-state index in [0.717, 1.165) is 28.5 Å². The van der Waals surface area contributed by atoms with E-state index in [0.29, 0.717) is 0 Å². The SMILES string of the molecule is [C-]#[N+]/C(C#N)=C(\C)c1ccc2cc(N(C)C/C(C)=C/C)ccc2c1. The molecule has 0 unspecified atom stereocenters. The summed E-state index contributed by atoms with van der Waals surface area (Å²) >= 11 is 0. The van der Waals surface area contributed by atoms with Crippen molar-refractivity contribution in [2.24, 2.45) is 0 Å². The van der Waals surface area contributed by atoms with Gasteiger partial charge < -0.3 is 4.90 Å². The second kappa shape index (κ2) is 7.49. The van der Waals surface area contributed by atoms with Crippen molar-refractivity contribution in [3.63, 3.8) is 0 Å². The van der Waals surface area contributed by atoms with Crippen molar-refractivity contribution in [2.45, 2.75) is 20.8 Å². The molecule has 0 saturated carbocycles. The molecule has 3 heteroatoms. The molecule has 0 aliphatic rings. The van der Waals surface area contributed by atoms with Gasteiger partial charge in [0.15, 0.2) is 0 Å². The molecule has 0 fully saturated rings. The van der Waals surface area contributed by atoms with Crippen LogP contribution in [0.2, 0.25) is 0 Å². The summed E-state index contributed by atoms with van der Waals surface area (Å²) in [7, 11) is 2.09. The maximum Gasteiger partial charge on any atom is 0.265 e. The lowest BCUT2D eigenvalue weighted by Gasteiger charge is -2.20. The fourth-order valence-electron chi connectivity index (χ4n) is 2.59. The molecule has 0 aromatic heterocycles. The van der Waals surface area contributed by atoms with Gasteiger partial charge in [0.2, 0.25) is 0 Å². The van der Waals surface area contributed by atoms with Crippen LogP contribution >= 0.6 is 0 Å². The second-order valence-corrected chi connectivity index (χ2v) is 5.93. The number of nitrogens with zero attached hydrogens (tertiary/aromatic N) is 3. The summed E-state index contributed by atoms with van der Waals surface area (Å²) in [4.78, 5) is 5.52. The molecule has 2 aromatic rings. The molecular formula is C21H21N3. The number of allylic oxidation sites excluding steroid dienone is 3. The highest BCUT2D eigenvalue weighted by Gasteiger charge is 2.07. The van der Waals surface area contributed by atoms with E-state index in [9.17, 15) is 0 Å². The molecule has 0 bridgehead atoms. The van der Waals surface area contributed by atoms with Gasteiger partial charge in [0.05, 0.1) is 12.6 Å². The number of hydrogen-bond acceptors (Lipinski definition) is 2. The molecule has 0 atom stereocenters. The Morgan fingerprint density at radius 3 is 2.50 bits per heavy atom. The monoisotopic (exact) mass is 315 g/mol. The lowest BCUT2D eigenvalue weighted by Crippen LogP contribution is -2.19. The van der Waals surface area contributed by atoms with Crippen molar-refractivity contribution in [2.75, 3.05) is 18.5 Å². The van der Waals surface area contributed by atoms with E-state index < -0.39 is 0 Å². The van der Waals surface area contributed by atoms with Crippen LogP contribution in [0.3, 0.4) is 0 Å². The highest BCUT2D eigenvalue weighted by molar-refractivity contribution is 5.89. The van der Waals surface area contributed by atoms with Crippen molar-refractivity contribution in [1.82, 2.24) is 0 Å². The molecule has 0 aliphatic heterocycles. The topological polar surface area (TPSA) is 31.4 Å². The molecular weight excluding hydrogens is 294 g/mol. The van der Waals surface area contributed by atoms with Crippen LogP contribution in [0.1, 0.15) is 26.3 Å². The Morgan fingerprint density at radius 2 is 1.88 bits per heavy atom. The Morgan fingerprint density at radius 1 is 1.21 bits per heavy atom. The second-order valence-electron chi connectivity index (χ2n) is 5.93. The minimum absolute atomic E-state index is 0.146. The zero-order valence-electron chi connectivity index (χ0n) is 14.6. The summed E-state index contributed by atoms with van der Waals surface area (Å²) in [6.07, 6.45) is 2.13. The minimum Gasteiger partial charge on any atom is -0.371 e. The Bertz CT molecular complexity index is 889. The van der Waals surface area contributed by atoms with Crippen molar-refractivity contribution in [3.8, 4) is 6.07 Å². The normalized spacial score (nSPS) is 12.3. The lowest BCUT2D eigenvalue weighted by atomic mass is 10.0. The number of nitriles is 1. The molecule has 2 aromatic carbocycles. The summed E-state index contributed by atoms with van der Waals surface area (Å²) in [6.45, 7) is 14.0. The first-order chi connectivity index (χ1) is 11.5. The fourth-order valence-corrected chi connectivity index (χ4v) is 2.59. The number of hydrogen-bond donors (Lipinski definition) is 0. The van der Waals surface area contributed by atoms with Gasteiger partial charge in [-0.15, -0.1) is 0 Å². The van der Waals surface area contributed by atoms with Crippen molar-refractivity contribution < 1.29 is 0 Å². The third-order valence-electron chi connectivity index (χ3n) is 4.25. The fraction of sp³-hybridized carbons (Fsp3) is 0.238. The standard InChI is InChI=1S/C21H21N3/c1-6-15(2)14-24(5)20-10-9-18-11-17(7-8-19(18)12-20)16(3)21(13-22)23-4/h6-12H,14H2,1-3,5H3/b15-6+,21-16+. The van der Waals surface area contributed by atoms with Gasteiger partial charge in [-0.05, 0) is 60.9 Å². The van der Waals surface area contributed by atoms with Crippen molar-refractivity contribution in [1.29, 1.82) is 5.26 Å². The van der Waals surface area contributed by atoms with Crippen LogP contribution in [0.4, 0.5) is 5.69 Å². The minimum atomic E-state index is 0.146. The zero-order chi connectivity index (χ0) is 17.7. The van der Waals surface area contributed by atoms with Gasteiger partial charge >= 0.3 is 0 Å². The number of anilines is 1. The average molecular weight is 315 g/mol. The molecule has 0 saturated heterocycles. The van der Waals surface area contributed by atoms with Crippen LogP contribution in [0.25, 0.3) is 21.2 Å². The van der Waals surface area contributed by atoms with Gasteiger partial charge in [-0.2, -0.15) is 0 Å². The van der Waals surface area contributed by atoms with Crippen molar-refractivity contribution in [3.05, 3.63) is 70.7 Å². The van der Waals surface area contributed by atoms with Gasteiger partial charge in [0.25, 0.3) is 5.70 Å². The molecule has 0 amide bonds. The van der Waals surface area contributed by atoms with Crippen LogP contribution in [-0.4, -0.2) is 13.6 Å². The third kappa shape index (κ3) is 3.65. The molecule has 24 heavy (non-hydrogen) atoms. The first kappa shape index (κ1) is 17.3. The first-order valence-corrected chi connectivity index (χ1v) is 7.85. The Kier molecular flexibility index (Phi) is 5.40.